The van der Waals surface area contributed by atoms with Crippen LogP contribution in [0, 0.1) is 0 Å². The highest BCUT2D eigenvalue weighted by molar-refractivity contribution is 7.80. The number of aliphatic hydroxyl groups is 3. The third kappa shape index (κ3) is 41.8. The summed E-state index contributed by atoms with van der Waals surface area (Å²) in [6, 6.07) is 0. The third-order valence-electron chi connectivity index (χ3n) is 12.8. The smallest absolute Gasteiger partial charge is 0.397 e. The van der Waals surface area contributed by atoms with E-state index in [2.05, 4.69) is 90.9 Å². The number of carbonyl (C=O) groups excluding carboxylic acids is 1. The van der Waals surface area contributed by atoms with E-state index in [9.17, 15) is 33.1 Å². The number of allylic oxidation sites excluding steroid dienone is 12. The van der Waals surface area contributed by atoms with Crippen molar-refractivity contribution >= 4 is 16.4 Å². The van der Waals surface area contributed by atoms with Crippen LogP contribution in [0.2, 0.25) is 0 Å². The Balaban J connectivity index is 2.32. The Morgan fingerprint density at radius 1 is 0.542 bits per heavy atom. The van der Waals surface area contributed by atoms with Crippen LogP contribution < -0.4 is 0 Å². The predicted octanol–water partition coefficient (Wildman–Crippen LogP) is 14.2. The highest BCUT2D eigenvalue weighted by Gasteiger charge is 2.48. The number of rotatable bonds is 50. The fraction of sp³-hybridized carbons (Fsp3) is 0.780. The van der Waals surface area contributed by atoms with E-state index in [0.717, 1.165) is 83.5 Å². The second-order valence-electron chi connectivity index (χ2n) is 19.5. The van der Waals surface area contributed by atoms with E-state index < -0.39 is 59.8 Å². The molecule has 72 heavy (non-hydrogen) atoms. The minimum Gasteiger partial charge on any atom is -0.457 e. The summed E-state index contributed by atoms with van der Waals surface area (Å²) in [6.45, 7) is 3.89. The molecule has 0 aliphatic carbocycles. The number of carbonyl (C=O) groups is 1. The summed E-state index contributed by atoms with van der Waals surface area (Å²) in [5, 5.41) is 30.8. The first-order valence-electron chi connectivity index (χ1n) is 28.7. The Kier molecular flexibility index (Phi) is 46.4. The van der Waals surface area contributed by atoms with Crippen molar-refractivity contribution in [2.45, 2.75) is 269 Å². The third-order valence-corrected chi connectivity index (χ3v) is 13.3. The standard InChI is InChI=1S/C59H104O12S/c1-3-5-7-9-11-13-15-17-19-21-23-25-27-28-30-32-34-36-38-40-42-44-46-48-55(61)69-53(52-68-59-57(63)58(71-72(64,65)66)56(62)54(50-60)70-59)51-67-49-47-45-43-41-39-37-35-33-31-29-26-24-22-20-18-16-14-12-10-8-6-4-2/h5,7,11,13,17,19,22-25,28,30,53-54,56-60,62-63H,3-4,6,8-10,12,14-16,18,20-21,26-27,29,31-52H2,1-2H3,(H,64,65,66)/b7-5-,13-11-,19-17-,24-22-,25-23-,30-28-. The zero-order valence-corrected chi connectivity index (χ0v) is 46.0. The summed E-state index contributed by atoms with van der Waals surface area (Å²) in [6.07, 6.45) is 56.5. The number of aliphatic hydroxyl groups excluding tert-OH is 3. The van der Waals surface area contributed by atoms with Gasteiger partial charge in [-0.25, -0.2) is 4.18 Å². The Morgan fingerprint density at radius 3 is 1.42 bits per heavy atom. The van der Waals surface area contributed by atoms with Gasteiger partial charge in [-0.15, -0.1) is 0 Å². The summed E-state index contributed by atoms with van der Waals surface area (Å²) in [5.74, 6) is -0.410. The van der Waals surface area contributed by atoms with Crippen LogP contribution in [-0.2, 0) is 38.3 Å². The van der Waals surface area contributed by atoms with E-state index in [0.29, 0.717) is 13.0 Å². The first kappa shape index (κ1) is 67.6. The maximum absolute atomic E-state index is 13.0. The number of hydrogen-bond donors (Lipinski definition) is 4. The van der Waals surface area contributed by atoms with E-state index in [1.54, 1.807) is 0 Å². The van der Waals surface area contributed by atoms with Gasteiger partial charge in [0.1, 0.15) is 30.5 Å². The van der Waals surface area contributed by atoms with Crippen LogP contribution in [0.1, 0.15) is 232 Å². The van der Waals surface area contributed by atoms with Crippen molar-refractivity contribution in [3.63, 3.8) is 0 Å². The highest BCUT2D eigenvalue weighted by Crippen LogP contribution is 2.26. The normalized spacial score (nSPS) is 19.4. The summed E-state index contributed by atoms with van der Waals surface area (Å²) < 4.78 is 59.4. The van der Waals surface area contributed by atoms with Gasteiger partial charge in [-0.3, -0.25) is 9.35 Å². The molecule has 0 amide bonds. The van der Waals surface area contributed by atoms with Gasteiger partial charge in [-0.2, -0.15) is 8.42 Å². The van der Waals surface area contributed by atoms with Crippen molar-refractivity contribution in [3.05, 3.63) is 72.9 Å². The second-order valence-corrected chi connectivity index (χ2v) is 20.5. The van der Waals surface area contributed by atoms with E-state index >= 15 is 0 Å². The maximum Gasteiger partial charge on any atom is 0.397 e. The number of hydrogen-bond acceptors (Lipinski definition) is 11. The van der Waals surface area contributed by atoms with Crippen molar-refractivity contribution in [3.8, 4) is 0 Å². The van der Waals surface area contributed by atoms with Crippen LogP contribution in [-0.4, -0.2) is 97.5 Å². The molecule has 4 N–H and O–H groups in total. The predicted molar refractivity (Wildman–Crippen MR) is 294 cm³/mol. The van der Waals surface area contributed by atoms with Gasteiger partial charge < -0.3 is 34.3 Å². The van der Waals surface area contributed by atoms with Gasteiger partial charge in [0, 0.05) is 13.0 Å². The molecule has 1 fully saturated rings. The van der Waals surface area contributed by atoms with Crippen molar-refractivity contribution in [2.75, 3.05) is 26.4 Å². The molecule has 1 aliphatic heterocycles. The van der Waals surface area contributed by atoms with Crippen LogP contribution in [0.4, 0.5) is 0 Å². The lowest BCUT2D eigenvalue weighted by atomic mass is 9.99. The molecule has 0 aromatic heterocycles. The number of unbranched alkanes of at least 4 members (excludes halogenated alkanes) is 25. The van der Waals surface area contributed by atoms with Gasteiger partial charge in [-0.1, -0.05) is 215 Å². The van der Waals surface area contributed by atoms with Gasteiger partial charge in [0.15, 0.2) is 6.29 Å². The van der Waals surface area contributed by atoms with Gasteiger partial charge in [0.2, 0.25) is 0 Å². The van der Waals surface area contributed by atoms with Gasteiger partial charge >= 0.3 is 16.4 Å². The van der Waals surface area contributed by atoms with Gasteiger partial charge in [0.05, 0.1) is 19.8 Å². The molecule has 1 saturated heterocycles. The molecular weight excluding hydrogens is 933 g/mol. The second kappa shape index (κ2) is 49.4. The van der Waals surface area contributed by atoms with Crippen LogP contribution in [0.5, 0.6) is 0 Å². The van der Waals surface area contributed by atoms with E-state index in [4.69, 9.17) is 18.9 Å². The molecule has 1 aliphatic rings. The van der Waals surface area contributed by atoms with E-state index in [1.165, 1.54) is 122 Å². The van der Waals surface area contributed by atoms with Gasteiger partial charge in [0.25, 0.3) is 0 Å². The van der Waals surface area contributed by atoms with Crippen LogP contribution in [0.25, 0.3) is 0 Å². The largest absolute Gasteiger partial charge is 0.457 e. The van der Waals surface area contributed by atoms with Gasteiger partial charge in [-0.05, 0) is 83.5 Å². The summed E-state index contributed by atoms with van der Waals surface area (Å²) >= 11 is 0. The minimum absolute atomic E-state index is 0.0280. The minimum atomic E-state index is -5.07. The molecule has 0 radical (unpaired) electrons. The topological polar surface area (TPSA) is 178 Å². The van der Waals surface area contributed by atoms with Crippen molar-refractivity contribution in [1.82, 2.24) is 0 Å². The summed E-state index contributed by atoms with van der Waals surface area (Å²) in [7, 11) is -5.07. The fourth-order valence-corrected chi connectivity index (χ4v) is 9.03. The quantitative estimate of drug-likeness (QED) is 0.0196. The first-order chi connectivity index (χ1) is 35.1. The SMILES string of the molecule is CC/C=C\C/C=C\C/C=C\C/C=C\C/C=C\CCCCCCCCCC(=O)OC(COCCCCCCCCCCCC/C=C\CCCCCCCCCC)COC1OC(CO)C(O)C(OS(=O)(=O)O)C1O. The molecule has 12 nitrogen and oxygen atoms in total. The molecule has 0 spiro atoms. The van der Waals surface area contributed by atoms with Crippen molar-refractivity contribution < 1.29 is 56.2 Å². The Bertz CT molecular complexity index is 1520. The van der Waals surface area contributed by atoms with E-state index in [-0.39, 0.29) is 19.6 Å². The lowest BCUT2D eigenvalue weighted by molar-refractivity contribution is -0.301. The number of esters is 1. The molecule has 6 atom stereocenters. The maximum atomic E-state index is 13.0. The van der Waals surface area contributed by atoms with Crippen molar-refractivity contribution in [1.29, 1.82) is 0 Å². The molecule has 1 heterocycles. The highest BCUT2D eigenvalue weighted by atomic mass is 32.3. The molecule has 0 saturated carbocycles. The average molecular weight is 1040 g/mol. The Morgan fingerprint density at radius 2 is 0.958 bits per heavy atom. The summed E-state index contributed by atoms with van der Waals surface area (Å²) in [4.78, 5) is 13.0. The molecule has 418 valence electrons. The Labute approximate surface area is 439 Å². The summed E-state index contributed by atoms with van der Waals surface area (Å²) in [5.41, 5.74) is 0. The monoisotopic (exact) mass is 1040 g/mol. The average Bonchev–Trinajstić information content (AvgIpc) is 3.36. The van der Waals surface area contributed by atoms with Crippen LogP contribution in [0.15, 0.2) is 72.9 Å². The lowest BCUT2D eigenvalue weighted by Crippen LogP contribution is -2.60. The van der Waals surface area contributed by atoms with E-state index in [1.807, 2.05) is 0 Å². The molecule has 0 aromatic carbocycles. The molecule has 6 unspecified atom stereocenters. The molecule has 1 rings (SSSR count). The zero-order chi connectivity index (χ0) is 52.4. The fourth-order valence-electron chi connectivity index (χ4n) is 8.52. The molecular formula is C59H104O12S. The van der Waals surface area contributed by atoms with Crippen molar-refractivity contribution in [2.24, 2.45) is 0 Å². The molecule has 13 heteroatoms. The van der Waals surface area contributed by atoms with Crippen LogP contribution in [0.3, 0.4) is 0 Å². The number of ether oxygens (including phenoxy) is 4. The van der Waals surface area contributed by atoms with Crippen LogP contribution >= 0.6 is 0 Å². The molecule has 0 aromatic rings. The zero-order valence-electron chi connectivity index (χ0n) is 45.2. The first-order valence-corrected chi connectivity index (χ1v) is 30.1. The lowest BCUT2D eigenvalue weighted by Gasteiger charge is -2.41. The Hall–Kier alpha value is -2.46. The molecule has 0 bridgehead atoms.